The largest absolute Gasteiger partial charge is 0.497 e. The monoisotopic (exact) mass is 392 g/mol. The van der Waals surface area contributed by atoms with Gasteiger partial charge in [0, 0.05) is 13.0 Å². The zero-order valence-electron chi connectivity index (χ0n) is 16.1. The Hall–Kier alpha value is -2.74. The predicted molar refractivity (Wildman–Crippen MR) is 104 cm³/mol. The summed E-state index contributed by atoms with van der Waals surface area (Å²) in [7, 11) is 1.57. The predicted octanol–water partition coefficient (Wildman–Crippen LogP) is 2.59. The summed E-state index contributed by atoms with van der Waals surface area (Å²) in [5.41, 5.74) is 0.846. The van der Waals surface area contributed by atoms with E-state index in [0.717, 1.165) is 24.8 Å². The maximum atomic E-state index is 12.1. The summed E-state index contributed by atoms with van der Waals surface area (Å²) < 4.78 is 6.56. The fourth-order valence-electron chi connectivity index (χ4n) is 3.15. The van der Waals surface area contributed by atoms with Crippen LogP contribution >= 0.6 is 0 Å². The van der Waals surface area contributed by atoms with Gasteiger partial charge in [-0.2, -0.15) is 0 Å². The summed E-state index contributed by atoms with van der Waals surface area (Å²) >= 11 is 0. The molecule has 154 valence electrons. The molecule has 0 saturated heterocycles. The second-order valence-corrected chi connectivity index (χ2v) is 6.76. The van der Waals surface area contributed by atoms with Crippen molar-refractivity contribution in [3.63, 3.8) is 0 Å². The quantitative estimate of drug-likeness (QED) is 0.412. The summed E-state index contributed by atoms with van der Waals surface area (Å²) in [6.07, 6.45) is 3.23. The number of methoxy groups -OCH3 is 1. The van der Waals surface area contributed by atoms with E-state index in [4.69, 9.17) is 9.84 Å². The van der Waals surface area contributed by atoms with Crippen molar-refractivity contribution < 1.29 is 24.9 Å². The van der Waals surface area contributed by atoms with Crippen LogP contribution in [0.2, 0.25) is 0 Å². The minimum absolute atomic E-state index is 0.144. The number of imidazole rings is 1. The SMILES string of the molecule is COc1ccc(C(O)CCn2c(CCCCCCC(=O)O)c(O)[nH]c2=O)cc1. The van der Waals surface area contributed by atoms with E-state index in [2.05, 4.69) is 4.98 Å². The van der Waals surface area contributed by atoms with Gasteiger partial charge in [0.25, 0.3) is 0 Å². The summed E-state index contributed by atoms with van der Waals surface area (Å²) in [6, 6.07) is 7.09. The number of carboxylic acid groups (broad SMARTS) is 1. The van der Waals surface area contributed by atoms with Gasteiger partial charge in [0.15, 0.2) is 0 Å². The van der Waals surface area contributed by atoms with Crippen molar-refractivity contribution in [1.29, 1.82) is 0 Å². The summed E-state index contributed by atoms with van der Waals surface area (Å²) in [5.74, 6) is -0.240. The number of hydrogen-bond donors (Lipinski definition) is 4. The second kappa shape index (κ2) is 10.6. The highest BCUT2D eigenvalue weighted by atomic mass is 16.5. The number of benzene rings is 1. The van der Waals surface area contributed by atoms with Crippen molar-refractivity contribution in [1.82, 2.24) is 9.55 Å². The Bertz CT molecular complexity index is 809. The smallest absolute Gasteiger partial charge is 0.328 e. The highest BCUT2D eigenvalue weighted by molar-refractivity contribution is 5.66. The molecule has 2 rings (SSSR count). The van der Waals surface area contributed by atoms with Gasteiger partial charge in [-0.25, -0.2) is 4.79 Å². The molecule has 28 heavy (non-hydrogen) atoms. The number of nitrogens with zero attached hydrogens (tertiary/aromatic N) is 1. The fraction of sp³-hybridized carbons (Fsp3) is 0.500. The van der Waals surface area contributed by atoms with Gasteiger partial charge < -0.3 is 20.1 Å². The minimum Gasteiger partial charge on any atom is -0.497 e. The van der Waals surface area contributed by atoms with Crippen molar-refractivity contribution in [3.8, 4) is 11.6 Å². The maximum absolute atomic E-state index is 12.1. The van der Waals surface area contributed by atoms with E-state index in [9.17, 15) is 19.8 Å². The Morgan fingerprint density at radius 2 is 1.86 bits per heavy atom. The molecule has 8 heteroatoms. The van der Waals surface area contributed by atoms with Gasteiger partial charge in [0.05, 0.1) is 18.9 Å². The van der Waals surface area contributed by atoms with Gasteiger partial charge in [0.2, 0.25) is 5.88 Å². The number of unbranched alkanes of at least 4 members (excludes halogenated alkanes) is 3. The number of rotatable bonds is 12. The van der Waals surface area contributed by atoms with Crippen LogP contribution in [-0.2, 0) is 17.8 Å². The Morgan fingerprint density at radius 3 is 2.50 bits per heavy atom. The number of carbonyl (C=O) groups is 1. The van der Waals surface area contributed by atoms with Gasteiger partial charge in [-0.1, -0.05) is 25.0 Å². The van der Waals surface area contributed by atoms with E-state index in [1.807, 2.05) is 0 Å². The van der Waals surface area contributed by atoms with E-state index in [0.29, 0.717) is 30.7 Å². The molecule has 8 nitrogen and oxygen atoms in total. The van der Waals surface area contributed by atoms with Crippen molar-refractivity contribution >= 4 is 5.97 Å². The Kier molecular flexibility index (Phi) is 8.13. The highest BCUT2D eigenvalue weighted by Crippen LogP contribution is 2.22. The number of hydrogen-bond acceptors (Lipinski definition) is 5. The van der Waals surface area contributed by atoms with Crippen molar-refractivity contribution in [2.24, 2.45) is 0 Å². The first-order valence-corrected chi connectivity index (χ1v) is 9.46. The fourth-order valence-corrected chi connectivity index (χ4v) is 3.15. The lowest BCUT2D eigenvalue weighted by Gasteiger charge is -2.13. The molecule has 0 fully saturated rings. The average Bonchev–Trinajstić information content (AvgIpc) is 2.95. The van der Waals surface area contributed by atoms with E-state index >= 15 is 0 Å². The standard InChI is InChI=1S/C20H28N2O6/c1-28-15-10-8-14(9-11-15)17(23)12-13-22-16(19(26)21-20(22)27)6-4-2-3-5-7-18(24)25/h8-11,17,23,26H,2-7,12-13H2,1H3,(H,21,27)(H,24,25). The lowest BCUT2D eigenvalue weighted by atomic mass is 10.1. The van der Waals surface area contributed by atoms with Crippen LogP contribution in [0.3, 0.4) is 0 Å². The molecule has 2 aromatic rings. The number of aliphatic carboxylic acids is 1. The number of aliphatic hydroxyl groups excluding tert-OH is 1. The first-order valence-electron chi connectivity index (χ1n) is 9.46. The van der Waals surface area contributed by atoms with Gasteiger partial charge in [-0.05, 0) is 43.4 Å². The molecule has 4 N–H and O–H groups in total. The topological polar surface area (TPSA) is 125 Å². The minimum atomic E-state index is -0.799. The van der Waals surface area contributed by atoms with E-state index < -0.39 is 17.8 Å². The highest BCUT2D eigenvalue weighted by Gasteiger charge is 2.15. The number of aromatic nitrogens is 2. The number of aliphatic hydroxyl groups is 1. The second-order valence-electron chi connectivity index (χ2n) is 6.76. The molecule has 1 atom stereocenters. The van der Waals surface area contributed by atoms with Crippen molar-refractivity contribution in [3.05, 3.63) is 46.0 Å². The van der Waals surface area contributed by atoms with Crippen LogP contribution in [0.4, 0.5) is 0 Å². The van der Waals surface area contributed by atoms with Crippen LogP contribution in [0.1, 0.15) is 55.9 Å². The molecule has 1 aromatic heterocycles. The van der Waals surface area contributed by atoms with Gasteiger partial charge >= 0.3 is 11.7 Å². The Balaban J connectivity index is 1.90. The van der Waals surface area contributed by atoms with Crippen LogP contribution < -0.4 is 10.4 Å². The van der Waals surface area contributed by atoms with Gasteiger partial charge in [-0.3, -0.25) is 14.3 Å². The summed E-state index contributed by atoms with van der Waals surface area (Å²) in [5, 5.41) is 29.0. The molecular weight excluding hydrogens is 364 g/mol. The van der Waals surface area contributed by atoms with E-state index in [1.54, 1.807) is 31.4 Å². The number of nitrogens with one attached hydrogen (secondary N) is 1. The molecule has 0 aliphatic heterocycles. The molecule has 0 aliphatic carbocycles. The number of H-pyrrole nitrogens is 1. The molecule has 1 heterocycles. The summed E-state index contributed by atoms with van der Waals surface area (Å²) in [6.45, 7) is 0.275. The van der Waals surface area contributed by atoms with Crippen LogP contribution in [0.15, 0.2) is 29.1 Å². The Labute approximate surface area is 163 Å². The third kappa shape index (κ3) is 6.16. The number of aromatic hydroxyl groups is 1. The van der Waals surface area contributed by atoms with E-state index in [1.165, 1.54) is 4.57 Å². The van der Waals surface area contributed by atoms with Crippen LogP contribution in [0.25, 0.3) is 0 Å². The number of ether oxygens (including phenoxy) is 1. The van der Waals surface area contributed by atoms with Gasteiger partial charge in [-0.15, -0.1) is 0 Å². The number of aromatic amines is 1. The van der Waals surface area contributed by atoms with E-state index in [-0.39, 0.29) is 18.8 Å². The molecule has 0 aliphatic rings. The normalized spacial score (nSPS) is 12.1. The third-order valence-corrected chi connectivity index (χ3v) is 4.75. The number of carboxylic acids is 1. The maximum Gasteiger partial charge on any atom is 0.328 e. The molecule has 1 unspecified atom stereocenters. The van der Waals surface area contributed by atoms with Crippen LogP contribution in [0.5, 0.6) is 11.6 Å². The third-order valence-electron chi connectivity index (χ3n) is 4.75. The van der Waals surface area contributed by atoms with Gasteiger partial charge in [0.1, 0.15) is 5.75 Å². The molecule has 0 amide bonds. The average molecular weight is 392 g/mol. The van der Waals surface area contributed by atoms with Crippen LogP contribution in [-0.4, -0.2) is 37.9 Å². The molecular formula is C20H28N2O6. The first-order chi connectivity index (χ1) is 13.4. The lowest BCUT2D eigenvalue weighted by Crippen LogP contribution is -2.20. The molecule has 0 spiro atoms. The first kappa shape index (κ1) is 21.6. The molecule has 1 aromatic carbocycles. The zero-order valence-corrected chi connectivity index (χ0v) is 16.1. The zero-order chi connectivity index (χ0) is 20.5. The van der Waals surface area contributed by atoms with Crippen molar-refractivity contribution in [2.75, 3.05) is 7.11 Å². The molecule has 0 saturated carbocycles. The molecule has 0 bridgehead atoms. The van der Waals surface area contributed by atoms with Crippen LogP contribution in [0, 0.1) is 0 Å². The summed E-state index contributed by atoms with van der Waals surface area (Å²) in [4.78, 5) is 25.0. The Morgan fingerprint density at radius 1 is 1.18 bits per heavy atom. The van der Waals surface area contributed by atoms with Crippen molar-refractivity contribution in [2.45, 2.75) is 57.6 Å². The lowest BCUT2D eigenvalue weighted by molar-refractivity contribution is -0.137. The molecule has 0 radical (unpaired) electrons.